The Bertz CT molecular complexity index is 1170. The standard InChI is InChI=1S/C20H17N3O2S/c1-15-21-19-14-16(22-26(24,25)18-10-6-3-7-11-18)12-13-20(19)23(15)17-8-4-2-5-9-17/h2-14,22H,1H3. The highest BCUT2D eigenvalue weighted by atomic mass is 32.2. The SMILES string of the molecule is Cc1nc2cc(NS(=O)(=O)c3ccccc3)ccc2n1-c1ccccc1. The summed E-state index contributed by atoms with van der Waals surface area (Å²) in [7, 11) is -3.62. The first kappa shape index (κ1) is 16.4. The Morgan fingerprint density at radius 1 is 0.885 bits per heavy atom. The molecule has 0 amide bonds. The zero-order valence-electron chi connectivity index (χ0n) is 14.1. The maximum Gasteiger partial charge on any atom is 0.261 e. The first-order chi connectivity index (χ1) is 12.5. The minimum absolute atomic E-state index is 0.228. The number of imidazole rings is 1. The number of aromatic nitrogens is 2. The van der Waals surface area contributed by atoms with Gasteiger partial charge >= 0.3 is 0 Å². The van der Waals surface area contributed by atoms with Crippen LogP contribution in [0.1, 0.15) is 5.82 Å². The molecule has 0 aliphatic carbocycles. The lowest BCUT2D eigenvalue weighted by atomic mass is 10.2. The molecule has 0 aliphatic rings. The number of nitrogens with zero attached hydrogens (tertiary/aromatic N) is 2. The van der Waals surface area contributed by atoms with Crippen molar-refractivity contribution in [1.82, 2.24) is 9.55 Å². The molecule has 0 unspecified atom stereocenters. The Morgan fingerprint density at radius 2 is 1.54 bits per heavy atom. The molecule has 6 heteroatoms. The smallest absolute Gasteiger partial charge is 0.261 e. The summed E-state index contributed by atoms with van der Waals surface area (Å²) < 4.78 is 29.7. The Kier molecular flexibility index (Phi) is 3.97. The summed E-state index contributed by atoms with van der Waals surface area (Å²) in [5.74, 6) is 0.842. The lowest BCUT2D eigenvalue weighted by Gasteiger charge is -2.09. The van der Waals surface area contributed by atoms with E-state index < -0.39 is 10.0 Å². The highest BCUT2D eigenvalue weighted by molar-refractivity contribution is 7.92. The molecule has 0 saturated carbocycles. The Hall–Kier alpha value is -3.12. The van der Waals surface area contributed by atoms with E-state index >= 15 is 0 Å². The van der Waals surface area contributed by atoms with Crippen molar-refractivity contribution in [3.05, 3.63) is 84.7 Å². The van der Waals surface area contributed by atoms with Gasteiger partial charge < -0.3 is 0 Å². The third kappa shape index (κ3) is 2.95. The largest absolute Gasteiger partial charge is 0.297 e. The number of nitrogens with one attached hydrogen (secondary N) is 1. The van der Waals surface area contributed by atoms with Crippen LogP contribution in [0, 0.1) is 6.92 Å². The van der Waals surface area contributed by atoms with Crippen LogP contribution in [0.2, 0.25) is 0 Å². The topological polar surface area (TPSA) is 64.0 Å². The zero-order valence-corrected chi connectivity index (χ0v) is 14.9. The average molecular weight is 363 g/mol. The summed E-state index contributed by atoms with van der Waals surface area (Å²) in [6.07, 6.45) is 0. The van der Waals surface area contributed by atoms with Gasteiger partial charge in [-0.1, -0.05) is 36.4 Å². The van der Waals surface area contributed by atoms with Crippen molar-refractivity contribution in [3.8, 4) is 5.69 Å². The molecule has 26 heavy (non-hydrogen) atoms. The van der Waals surface area contributed by atoms with Gasteiger partial charge in [-0.2, -0.15) is 0 Å². The number of aryl methyl sites for hydroxylation is 1. The maximum atomic E-state index is 12.5. The number of hydrogen-bond donors (Lipinski definition) is 1. The summed E-state index contributed by atoms with van der Waals surface area (Å²) in [6.45, 7) is 1.93. The fourth-order valence-corrected chi connectivity index (χ4v) is 4.05. The van der Waals surface area contributed by atoms with Gasteiger partial charge in [0.15, 0.2) is 0 Å². The van der Waals surface area contributed by atoms with Crippen molar-refractivity contribution in [1.29, 1.82) is 0 Å². The molecule has 0 spiro atoms. The molecule has 1 aromatic heterocycles. The molecule has 4 aromatic rings. The van der Waals surface area contributed by atoms with Gasteiger partial charge in [-0.05, 0) is 49.4 Å². The Balaban J connectivity index is 1.74. The number of fused-ring (bicyclic) bond motifs is 1. The van der Waals surface area contributed by atoms with E-state index in [1.54, 1.807) is 42.5 Å². The van der Waals surface area contributed by atoms with Crippen LogP contribution in [0.15, 0.2) is 83.8 Å². The molecule has 0 bridgehead atoms. The summed E-state index contributed by atoms with van der Waals surface area (Å²) in [5, 5.41) is 0. The van der Waals surface area contributed by atoms with Crippen molar-refractivity contribution < 1.29 is 8.42 Å². The van der Waals surface area contributed by atoms with Crippen LogP contribution in [0.25, 0.3) is 16.7 Å². The number of rotatable bonds is 4. The normalized spacial score (nSPS) is 11.6. The highest BCUT2D eigenvalue weighted by Gasteiger charge is 2.15. The Morgan fingerprint density at radius 3 is 2.23 bits per heavy atom. The van der Waals surface area contributed by atoms with Crippen LogP contribution in [-0.2, 0) is 10.0 Å². The van der Waals surface area contributed by atoms with E-state index in [1.165, 1.54) is 0 Å². The van der Waals surface area contributed by atoms with Gasteiger partial charge in [0, 0.05) is 5.69 Å². The second-order valence-corrected chi connectivity index (χ2v) is 7.63. The molecule has 1 heterocycles. The van der Waals surface area contributed by atoms with Crippen LogP contribution < -0.4 is 4.72 Å². The van der Waals surface area contributed by atoms with Gasteiger partial charge in [-0.15, -0.1) is 0 Å². The summed E-state index contributed by atoms with van der Waals surface area (Å²) >= 11 is 0. The number of benzene rings is 3. The van der Waals surface area contributed by atoms with Gasteiger partial charge in [0.05, 0.1) is 21.6 Å². The lowest BCUT2D eigenvalue weighted by molar-refractivity contribution is 0.601. The third-order valence-corrected chi connectivity index (χ3v) is 5.54. The van der Waals surface area contributed by atoms with Crippen molar-refractivity contribution in [2.75, 3.05) is 4.72 Å². The molecule has 0 saturated heterocycles. The molecule has 130 valence electrons. The second-order valence-electron chi connectivity index (χ2n) is 5.95. The molecule has 0 atom stereocenters. The van der Waals surface area contributed by atoms with Gasteiger partial charge in [-0.25, -0.2) is 13.4 Å². The van der Waals surface area contributed by atoms with E-state index in [2.05, 4.69) is 9.71 Å². The third-order valence-electron chi connectivity index (χ3n) is 4.14. The first-order valence-corrected chi connectivity index (χ1v) is 9.65. The van der Waals surface area contributed by atoms with Crippen LogP contribution >= 0.6 is 0 Å². The van der Waals surface area contributed by atoms with Crippen LogP contribution in [-0.4, -0.2) is 18.0 Å². The Labute approximate surface area is 152 Å². The van der Waals surface area contributed by atoms with Crippen molar-refractivity contribution in [3.63, 3.8) is 0 Å². The van der Waals surface area contributed by atoms with Crippen molar-refractivity contribution in [2.45, 2.75) is 11.8 Å². The van der Waals surface area contributed by atoms with Gasteiger partial charge in [-0.3, -0.25) is 9.29 Å². The molecule has 4 rings (SSSR count). The minimum Gasteiger partial charge on any atom is -0.297 e. The van der Waals surface area contributed by atoms with E-state index in [9.17, 15) is 8.42 Å². The van der Waals surface area contributed by atoms with Crippen molar-refractivity contribution >= 4 is 26.7 Å². The zero-order chi connectivity index (χ0) is 18.1. The van der Waals surface area contributed by atoms with E-state index in [-0.39, 0.29) is 4.90 Å². The summed E-state index contributed by atoms with van der Waals surface area (Å²) in [5.41, 5.74) is 3.17. The molecular formula is C20H17N3O2S. The van der Waals surface area contributed by atoms with E-state index in [0.717, 1.165) is 22.5 Å². The van der Waals surface area contributed by atoms with Gasteiger partial charge in [0.1, 0.15) is 5.82 Å². The summed E-state index contributed by atoms with van der Waals surface area (Å²) in [6, 6.07) is 23.6. The first-order valence-electron chi connectivity index (χ1n) is 8.17. The van der Waals surface area contributed by atoms with E-state index in [4.69, 9.17) is 0 Å². The number of para-hydroxylation sites is 1. The number of anilines is 1. The molecule has 0 aliphatic heterocycles. The lowest BCUT2D eigenvalue weighted by Crippen LogP contribution is -2.12. The quantitative estimate of drug-likeness (QED) is 0.593. The number of sulfonamides is 1. The fourth-order valence-electron chi connectivity index (χ4n) is 2.98. The summed E-state index contributed by atoms with van der Waals surface area (Å²) in [4.78, 5) is 4.81. The fraction of sp³-hybridized carbons (Fsp3) is 0.0500. The van der Waals surface area contributed by atoms with Crippen LogP contribution in [0.5, 0.6) is 0 Å². The van der Waals surface area contributed by atoms with Crippen LogP contribution in [0.4, 0.5) is 5.69 Å². The molecule has 0 fully saturated rings. The predicted molar refractivity (Wildman–Crippen MR) is 103 cm³/mol. The van der Waals surface area contributed by atoms with Gasteiger partial charge in [0.25, 0.3) is 10.0 Å². The maximum absolute atomic E-state index is 12.5. The molecule has 1 N–H and O–H groups in total. The molecule has 0 radical (unpaired) electrons. The predicted octanol–water partition coefficient (Wildman–Crippen LogP) is 4.13. The average Bonchev–Trinajstić information content (AvgIpc) is 2.98. The van der Waals surface area contributed by atoms with E-state index in [0.29, 0.717) is 5.69 Å². The highest BCUT2D eigenvalue weighted by Crippen LogP contribution is 2.25. The molecular weight excluding hydrogens is 346 g/mol. The number of hydrogen-bond acceptors (Lipinski definition) is 3. The molecule has 3 aromatic carbocycles. The molecule has 5 nitrogen and oxygen atoms in total. The second kappa shape index (κ2) is 6.31. The van der Waals surface area contributed by atoms with Crippen LogP contribution in [0.3, 0.4) is 0 Å². The van der Waals surface area contributed by atoms with Gasteiger partial charge in [0.2, 0.25) is 0 Å². The monoisotopic (exact) mass is 363 g/mol. The van der Waals surface area contributed by atoms with Crippen molar-refractivity contribution in [2.24, 2.45) is 0 Å². The van der Waals surface area contributed by atoms with E-state index in [1.807, 2.05) is 47.9 Å². The minimum atomic E-state index is -3.62.